The second kappa shape index (κ2) is 7.65. The molecule has 2 aromatic rings. The van der Waals surface area contributed by atoms with Crippen LogP contribution in [-0.2, 0) is 0 Å². The number of carbonyl (C=O) groups excluding carboxylic acids is 1. The molecule has 2 aromatic heterocycles. The number of hydrogen-bond acceptors (Lipinski definition) is 7. The second-order valence-corrected chi connectivity index (χ2v) is 6.37. The molecule has 1 amide bonds. The third-order valence-corrected chi connectivity index (χ3v) is 4.49. The van der Waals surface area contributed by atoms with Crippen molar-refractivity contribution >= 4 is 17.5 Å². The Kier molecular flexibility index (Phi) is 5.32. The lowest BCUT2D eigenvalue weighted by Crippen LogP contribution is -2.45. The Bertz CT molecular complexity index is 779. The highest BCUT2D eigenvalue weighted by atomic mass is 16.5. The Labute approximate surface area is 153 Å². The molecule has 0 atom stereocenters. The number of anilines is 2. The molecule has 3 heterocycles. The number of nitrogens with zero attached hydrogens (tertiary/aromatic N) is 5. The van der Waals surface area contributed by atoms with Gasteiger partial charge in [-0.2, -0.15) is 0 Å². The number of nitrogens with one attached hydrogen (secondary N) is 1. The van der Waals surface area contributed by atoms with Gasteiger partial charge < -0.3 is 19.9 Å². The number of amides is 1. The number of aryl methyl sites for hydroxylation is 2. The smallest absolute Gasteiger partial charge is 0.261 e. The molecular formula is C18H24N6O2. The Morgan fingerprint density at radius 2 is 1.81 bits per heavy atom. The van der Waals surface area contributed by atoms with Gasteiger partial charge in [-0.05, 0) is 33.0 Å². The molecule has 1 aliphatic heterocycles. The number of carbonyl (C=O) groups is 1. The summed E-state index contributed by atoms with van der Waals surface area (Å²) in [5, 5.41) is 2.90. The fraction of sp³-hybridized carbons (Fsp3) is 0.444. The SMILES string of the molecule is COc1ncccc1C(=O)Nc1c(C)nc(N2CCN(C)CC2)nc1C. The summed E-state index contributed by atoms with van der Waals surface area (Å²) in [6.07, 6.45) is 1.58. The van der Waals surface area contributed by atoms with E-state index in [1.54, 1.807) is 18.3 Å². The largest absolute Gasteiger partial charge is 0.480 e. The monoisotopic (exact) mass is 356 g/mol. The Balaban J connectivity index is 1.81. The minimum absolute atomic E-state index is 0.287. The molecule has 0 radical (unpaired) electrons. The molecule has 8 heteroatoms. The Morgan fingerprint density at radius 1 is 1.15 bits per heavy atom. The van der Waals surface area contributed by atoms with E-state index in [2.05, 4.69) is 37.1 Å². The van der Waals surface area contributed by atoms with Gasteiger partial charge in [-0.25, -0.2) is 15.0 Å². The van der Waals surface area contributed by atoms with Gasteiger partial charge >= 0.3 is 0 Å². The van der Waals surface area contributed by atoms with Crippen molar-refractivity contribution in [2.75, 3.05) is 50.6 Å². The van der Waals surface area contributed by atoms with Crippen LogP contribution in [0.25, 0.3) is 0 Å². The van der Waals surface area contributed by atoms with E-state index in [0.717, 1.165) is 37.6 Å². The molecule has 0 unspecified atom stereocenters. The average Bonchev–Trinajstić information content (AvgIpc) is 2.65. The summed E-state index contributed by atoms with van der Waals surface area (Å²) in [7, 11) is 3.60. The first-order valence-corrected chi connectivity index (χ1v) is 8.58. The average molecular weight is 356 g/mol. The van der Waals surface area contributed by atoms with E-state index < -0.39 is 0 Å². The van der Waals surface area contributed by atoms with Gasteiger partial charge in [-0.15, -0.1) is 0 Å². The van der Waals surface area contributed by atoms with E-state index in [1.807, 2.05) is 13.8 Å². The number of likely N-dealkylation sites (N-methyl/N-ethyl adjacent to an activating group) is 1. The van der Waals surface area contributed by atoms with Crippen LogP contribution in [0.15, 0.2) is 18.3 Å². The third kappa shape index (κ3) is 3.75. The zero-order valence-corrected chi connectivity index (χ0v) is 15.6. The van der Waals surface area contributed by atoms with Gasteiger partial charge in [0.1, 0.15) is 5.56 Å². The highest BCUT2D eigenvalue weighted by molar-refractivity contribution is 6.06. The number of piperazine rings is 1. The zero-order valence-electron chi connectivity index (χ0n) is 15.6. The van der Waals surface area contributed by atoms with Crippen LogP contribution in [0.3, 0.4) is 0 Å². The predicted molar refractivity (Wildman–Crippen MR) is 100.0 cm³/mol. The zero-order chi connectivity index (χ0) is 18.7. The van der Waals surface area contributed by atoms with Crippen LogP contribution in [0.5, 0.6) is 5.88 Å². The molecule has 0 bridgehead atoms. The van der Waals surface area contributed by atoms with Gasteiger partial charge in [0, 0.05) is 32.4 Å². The predicted octanol–water partition coefficient (Wildman–Crippen LogP) is 1.50. The van der Waals surface area contributed by atoms with Crippen molar-refractivity contribution in [3.8, 4) is 5.88 Å². The molecule has 26 heavy (non-hydrogen) atoms. The first-order chi connectivity index (χ1) is 12.5. The third-order valence-electron chi connectivity index (χ3n) is 4.49. The molecule has 8 nitrogen and oxygen atoms in total. The van der Waals surface area contributed by atoms with Crippen molar-refractivity contribution in [1.82, 2.24) is 19.9 Å². The maximum atomic E-state index is 12.6. The fourth-order valence-electron chi connectivity index (χ4n) is 2.93. The molecule has 1 saturated heterocycles. The first-order valence-electron chi connectivity index (χ1n) is 8.58. The van der Waals surface area contributed by atoms with Crippen LogP contribution in [0.2, 0.25) is 0 Å². The van der Waals surface area contributed by atoms with E-state index in [-0.39, 0.29) is 11.8 Å². The van der Waals surface area contributed by atoms with Crippen LogP contribution in [0, 0.1) is 13.8 Å². The van der Waals surface area contributed by atoms with E-state index in [0.29, 0.717) is 17.2 Å². The van der Waals surface area contributed by atoms with Crippen molar-refractivity contribution in [2.24, 2.45) is 0 Å². The second-order valence-electron chi connectivity index (χ2n) is 6.37. The van der Waals surface area contributed by atoms with E-state index in [1.165, 1.54) is 7.11 Å². The van der Waals surface area contributed by atoms with Crippen molar-refractivity contribution < 1.29 is 9.53 Å². The van der Waals surface area contributed by atoms with Crippen LogP contribution < -0.4 is 15.0 Å². The molecule has 0 saturated carbocycles. The lowest BCUT2D eigenvalue weighted by Gasteiger charge is -2.32. The van der Waals surface area contributed by atoms with Crippen LogP contribution in [0.1, 0.15) is 21.7 Å². The van der Waals surface area contributed by atoms with Gasteiger partial charge in [0.15, 0.2) is 0 Å². The number of aromatic nitrogens is 3. The fourth-order valence-corrected chi connectivity index (χ4v) is 2.93. The summed E-state index contributed by atoms with van der Waals surface area (Å²) in [6.45, 7) is 7.53. The summed E-state index contributed by atoms with van der Waals surface area (Å²) in [5.41, 5.74) is 2.47. The highest BCUT2D eigenvalue weighted by Crippen LogP contribution is 2.23. The van der Waals surface area contributed by atoms with Crippen molar-refractivity contribution in [1.29, 1.82) is 0 Å². The highest BCUT2D eigenvalue weighted by Gasteiger charge is 2.20. The summed E-state index contributed by atoms with van der Waals surface area (Å²) in [4.78, 5) is 30.4. The van der Waals surface area contributed by atoms with Crippen LogP contribution in [-0.4, -0.2) is 66.1 Å². The normalized spacial score (nSPS) is 15.0. The van der Waals surface area contributed by atoms with E-state index >= 15 is 0 Å². The first kappa shape index (κ1) is 18.1. The number of pyridine rings is 1. The number of ether oxygens (including phenoxy) is 1. The van der Waals surface area contributed by atoms with Crippen molar-refractivity contribution in [3.05, 3.63) is 35.3 Å². The number of hydrogen-bond donors (Lipinski definition) is 1. The lowest BCUT2D eigenvalue weighted by molar-refractivity contribution is 0.102. The molecule has 0 aliphatic carbocycles. The Hall–Kier alpha value is -2.74. The van der Waals surface area contributed by atoms with E-state index in [9.17, 15) is 4.79 Å². The summed E-state index contributed by atoms with van der Waals surface area (Å²) in [5.74, 6) is 0.706. The van der Waals surface area contributed by atoms with Gasteiger partial charge in [0.05, 0.1) is 24.2 Å². The maximum absolute atomic E-state index is 12.6. The molecule has 1 aliphatic rings. The van der Waals surface area contributed by atoms with Gasteiger partial charge in [-0.3, -0.25) is 4.79 Å². The molecule has 138 valence electrons. The quantitative estimate of drug-likeness (QED) is 0.889. The standard InChI is InChI=1S/C18H24N6O2/c1-12-15(22-16(25)14-6-5-7-19-17(14)26-4)13(2)21-18(20-12)24-10-8-23(3)9-11-24/h5-7H,8-11H2,1-4H3,(H,22,25). The molecule has 0 aromatic carbocycles. The molecule has 1 fully saturated rings. The van der Waals surface area contributed by atoms with Crippen LogP contribution >= 0.6 is 0 Å². The molecule has 0 spiro atoms. The van der Waals surface area contributed by atoms with E-state index in [4.69, 9.17) is 4.74 Å². The Morgan fingerprint density at radius 3 is 2.42 bits per heavy atom. The molecule has 1 N–H and O–H groups in total. The van der Waals surface area contributed by atoms with Gasteiger partial charge in [-0.1, -0.05) is 0 Å². The van der Waals surface area contributed by atoms with Crippen molar-refractivity contribution in [2.45, 2.75) is 13.8 Å². The lowest BCUT2D eigenvalue weighted by atomic mass is 10.2. The molecule has 3 rings (SSSR count). The number of methoxy groups -OCH3 is 1. The molecular weight excluding hydrogens is 332 g/mol. The summed E-state index contributed by atoms with van der Waals surface area (Å²) < 4.78 is 5.16. The summed E-state index contributed by atoms with van der Waals surface area (Å²) in [6, 6.07) is 3.37. The van der Waals surface area contributed by atoms with Gasteiger partial charge in [0.2, 0.25) is 11.8 Å². The minimum atomic E-state index is -0.294. The summed E-state index contributed by atoms with van der Waals surface area (Å²) >= 11 is 0. The topological polar surface area (TPSA) is 83.5 Å². The number of rotatable bonds is 4. The van der Waals surface area contributed by atoms with Crippen molar-refractivity contribution in [3.63, 3.8) is 0 Å². The van der Waals surface area contributed by atoms with Crippen LogP contribution in [0.4, 0.5) is 11.6 Å². The van der Waals surface area contributed by atoms with Gasteiger partial charge in [0.25, 0.3) is 5.91 Å². The maximum Gasteiger partial charge on any atom is 0.261 e. The minimum Gasteiger partial charge on any atom is -0.480 e.